The van der Waals surface area contributed by atoms with E-state index in [2.05, 4.69) is 29.6 Å². The molecule has 3 unspecified atom stereocenters. The number of benzene rings is 2. The molecule has 2 N–H and O–H groups in total. The summed E-state index contributed by atoms with van der Waals surface area (Å²) in [6.07, 6.45) is 6.26. The molecule has 0 spiro atoms. The molecule has 0 bridgehead atoms. The third-order valence-electron chi connectivity index (χ3n) is 5.79. The van der Waals surface area contributed by atoms with Crippen molar-refractivity contribution in [2.45, 2.75) is 49.8 Å². The highest BCUT2D eigenvalue weighted by Crippen LogP contribution is 2.42. The Labute approximate surface area is 138 Å². The van der Waals surface area contributed by atoms with E-state index in [1.54, 1.807) is 0 Å². The zero-order chi connectivity index (χ0) is 15.7. The van der Waals surface area contributed by atoms with Crippen LogP contribution in [0.25, 0.3) is 0 Å². The van der Waals surface area contributed by atoms with Gasteiger partial charge < -0.3 is 10.4 Å². The summed E-state index contributed by atoms with van der Waals surface area (Å²) in [5.41, 5.74) is 1.02. The Morgan fingerprint density at radius 3 is 1.96 bits per heavy atom. The van der Waals surface area contributed by atoms with Crippen LogP contribution in [-0.2, 0) is 5.60 Å². The van der Waals surface area contributed by atoms with Crippen LogP contribution in [0.15, 0.2) is 60.7 Å². The van der Waals surface area contributed by atoms with Crippen molar-refractivity contribution in [1.29, 1.82) is 0 Å². The minimum Gasteiger partial charge on any atom is -0.379 e. The van der Waals surface area contributed by atoms with Gasteiger partial charge in [0.25, 0.3) is 0 Å². The molecule has 2 fully saturated rings. The fraction of sp³-hybridized carbons (Fsp3) is 0.429. The van der Waals surface area contributed by atoms with Crippen molar-refractivity contribution in [3.8, 4) is 0 Å². The Balaban J connectivity index is 1.74. The molecule has 23 heavy (non-hydrogen) atoms. The molecule has 120 valence electrons. The van der Waals surface area contributed by atoms with Crippen molar-refractivity contribution >= 4 is 0 Å². The van der Waals surface area contributed by atoms with Crippen molar-refractivity contribution < 1.29 is 5.11 Å². The van der Waals surface area contributed by atoms with Gasteiger partial charge in [0.15, 0.2) is 0 Å². The molecule has 2 aromatic carbocycles. The summed E-state index contributed by atoms with van der Waals surface area (Å²) in [5, 5.41) is 15.6. The third kappa shape index (κ3) is 2.60. The number of hydrogen-bond donors (Lipinski definition) is 2. The van der Waals surface area contributed by atoms with Gasteiger partial charge in [0.05, 0.1) is 0 Å². The van der Waals surface area contributed by atoms with Crippen LogP contribution in [0.3, 0.4) is 0 Å². The molecule has 1 saturated carbocycles. The Bertz CT molecular complexity index is 586. The second-order valence-corrected chi connectivity index (χ2v) is 7.10. The van der Waals surface area contributed by atoms with Crippen LogP contribution in [0.4, 0.5) is 0 Å². The highest BCUT2D eigenvalue weighted by molar-refractivity contribution is 5.38. The zero-order valence-corrected chi connectivity index (χ0v) is 13.5. The fourth-order valence-electron chi connectivity index (χ4n) is 4.58. The summed E-state index contributed by atoms with van der Waals surface area (Å²) in [6, 6.07) is 21.0. The van der Waals surface area contributed by atoms with Gasteiger partial charge in [-0.05, 0) is 36.3 Å². The van der Waals surface area contributed by atoms with Gasteiger partial charge >= 0.3 is 0 Å². The lowest BCUT2D eigenvalue weighted by atomic mass is 9.77. The van der Waals surface area contributed by atoms with Gasteiger partial charge in [0.1, 0.15) is 5.60 Å². The summed E-state index contributed by atoms with van der Waals surface area (Å²) in [7, 11) is 0. The largest absolute Gasteiger partial charge is 0.379 e. The van der Waals surface area contributed by atoms with E-state index in [1.807, 2.05) is 36.4 Å². The van der Waals surface area contributed by atoms with Crippen LogP contribution >= 0.6 is 0 Å². The van der Waals surface area contributed by atoms with E-state index in [9.17, 15) is 5.11 Å². The van der Waals surface area contributed by atoms with Gasteiger partial charge in [0, 0.05) is 12.1 Å². The maximum absolute atomic E-state index is 11.8. The summed E-state index contributed by atoms with van der Waals surface area (Å²) >= 11 is 0. The third-order valence-corrected chi connectivity index (χ3v) is 5.79. The second-order valence-electron chi connectivity index (χ2n) is 7.10. The average molecular weight is 307 g/mol. The normalized spacial score (nSPS) is 27.6. The summed E-state index contributed by atoms with van der Waals surface area (Å²) < 4.78 is 0. The van der Waals surface area contributed by atoms with Gasteiger partial charge in [-0.2, -0.15) is 0 Å². The smallest absolute Gasteiger partial charge is 0.130 e. The molecular weight excluding hydrogens is 282 g/mol. The molecule has 0 radical (unpaired) electrons. The van der Waals surface area contributed by atoms with Gasteiger partial charge in [-0.3, -0.25) is 0 Å². The second kappa shape index (κ2) is 6.10. The first-order valence-electron chi connectivity index (χ1n) is 8.88. The highest BCUT2D eigenvalue weighted by Gasteiger charge is 2.47. The standard InChI is InChI=1S/C21H25NO/c23-21(17-10-3-1-4-11-17,18-12-5-2-6-13-18)20-15-16-9-7-8-14-19(16)22-20/h1-6,10-13,16,19-20,22-23H,7-9,14-15H2. The summed E-state index contributed by atoms with van der Waals surface area (Å²) in [5.74, 6) is 0.715. The number of fused-ring (bicyclic) bond motifs is 1. The molecule has 1 aliphatic heterocycles. The Morgan fingerprint density at radius 2 is 1.39 bits per heavy atom. The lowest BCUT2D eigenvalue weighted by molar-refractivity contribution is 0.0418. The molecule has 0 aromatic heterocycles. The van der Waals surface area contributed by atoms with Crippen LogP contribution in [-0.4, -0.2) is 17.2 Å². The minimum atomic E-state index is -0.958. The predicted molar refractivity (Wildman–Crippen MR) is 93.2 cm³/mol. The molecule has 1 saturated heterocycles. The number of nitrogens with one attached hydrogen (secondary N) is 1. The van der Waals surface area contributed by atoms with E-state index < -0.39 is 5.60 Å². The quantitative estimate of drug-likeness (QED) is 0.903. The van der Waals surface area contributed by atoms with E-state index in [4.69, 9.17) is 0 Å². The van der Waals surface area contributed by atoms with Crippen LogP contribution in [0.2, 0.25) is 0 Å². The first kappa shape index (κ1) is 14.9. The van der Waals surface area contributed by atoms with Gasteiger partial charge in [-0.15, -0.1) is 0 Å². The molecule has 2 nitrogen and oxygen atoms in total. The lowest BCUT2D eigenvalue weighted by Gasteiger charge is -2.36. The number of hydrogen-bond acceptors (Lipinski definition) is 2. The van der Waals surface area contributed by atoms with Gasteiger partial charge in [0.2, 0.25) is 0 Å². The first-order chi connectivity index (χ1) is 11.3. The molecule has 0 amide bonds. The predicted octanol–water partition coefficient (Wildman–Crippen LogP) is 3.84. The van der Waals surface area contributed by atoms with E-state index in [-0.39, 0.29) is 6.04 Å². The maximum atomic E-state index is 11.8. The molecule has 1 heterocycles. The van der Waals surface area contributed by atoms with E-state index >= 15 is 0 Å². The molecular formula is C21H25NO. The van der Waals surface area contributed by atoms with Crippen molar-refractivity contribution in [2.75, 3.05) is 0 Å². The molecule has 2 aliphatic rings. The maximum Gasteiger partial charge on any atom is 0.130 e. The van der Waals surface area contributed by atoms with Crippen LogP contribution in [0.5, 0.6) is 0 Å². The topological polar surface area (TPSA) is 32.3 Å². The Hall–Kier alpha value is -1.64. The van der Waals surface area contributed by atoms with Gasteiger partial charge in [-0.1, -0.05) is 73.5 Å². The number of rotatable bonds is 3. The number of aliphatic hydroxyl groups is 1. The first-order valence-corrected chi connectivity index (χ1v) is 8.88. The Morgan fingerprint density at radius 1 is 0.826 bits per heavy atom. The highest BCUT2D eigenvalue weighted by atomic mass is 16.3. The van der Waals surface area contributed by atoms with E-state index in [0.717, 1.165) is 17.5 Å². The van der Waals surface area contributed by atoms with Crippen LogP contribution in [0.1, 0.15) is 43.2 Å². The molecule has 3 atom stereocenters. The molecule has 1 aliphatic carbocycles. The fourth-order valence-corrected chi connectivity index (χ4v) is 4.58. The Kier molecular flexibility index (Phi) is 3.96. The van der Waals surface area contributed by atoms with Crippen LogP contribution < -0.4 is 5.32 Å². The summed E-state index contributed by atoms with van der Waals surface area (Å²) in [6.45, 7) is 0. The van der Waals surface area contributed by atoms with Crippen LogP contribution in [0, 0.1) is 5.92 Å². The lowest BCUT2D eigenvalue weighted by Crippen LogP contribution is -2.48. The van der Waals surface area contributed by atoms with E-state index in [0.29, 0.717) is 12.0 Å². The van der Waals surface area contributed by atoms with Crippen molar-refractivity contribution in [2.24, 2.45) is 5.92 Å². The minimum absolute atomic E-state index is 0.0837. The van der Waals surface area contributed by atoms with Crippen molar-refractivity contribution in [1.82, 2.24) is 5.32 Å². The molecule has 2 aromatic rings. The summed E-state index contributed by atoms with van der Waals surface area (Å²) in [4.78, 5) is 0. The SMILES string of the molecule is OC(c1ccccc1)(c1ccccc1)C1CC2CCCCC2N1. The van der Waals surface area contributed by atoms with Crippen molar-refractivity contribution in [3.05, 3.63) is 71.8 Å². The average Bonchev–Trinajstić information content (AvgIpc) is 3.07. The zero-order valence-electron chi connectivity index (χ0n) is 13.5. The van der Waals surface area contributed by atoms with Crippen molar-refractivity contribution in [3.63, 3.8) is 0 Å². The van der Waals surface area contributed by atoms with E-state index in [1.165, 1.54) is 25.7 Å². The monoisotopic (exact) mass is 307 g/mol. The molecule has 4 rings (SSSR count). The van der Waals surface area contributed by atoms with Gasteiger partial charge in [-0.25, -0.2) is 0 Å². The molecule has 2 heteroatoms.